The van der Waals surface area contributed by atoms with Crippen LogP contribution in [0.3, 0.4) is 0 Å². The van der Waals surface area contributed by atoms with Crippen molar-refractivity contribution < 1.29 is 9.53 Å². The molecular formula is C22H28N4O3S2. The third-order valence-corrected chi connectivity index (χ3v) is 7.11. The number of pyridine rings is 1. The predicted octanol–water partition coefficient (Wildman–Crippen LogP) is 3.54. The van der Waals surface area contributed by atoms with Crippen molar-refractivity contribution in [2.45, 2.75) is 51.1 Å². The van der Waals surface area contributed by atoms with E-state index in [1.165, 1.54) is 23.1 Å². The number of thioether (sulfide) groups is 1. The number of nitrogens with zero attached hydrogens (tertiary/aromatic N) is 3. The number of nitrogens with one attached hydrogen (secondary N) is 1. The topological polar surface area (TPSA) is 86.1 Å². The van der Waals surface area contributed by atoms with E-state index >= 15 is 0 Å². The zero-order valence-corrected chi connectivity index (χ0v) is 19.9. The Bertz CT molecular complexity index is 1100. The Morgan fingerprint density at radius 2 is 2.16 bits per heavy atom. The van der Waals surface area contributed by atoms with Crippen molar-refractivity contribution in [3.63, 3.8) is 0 Å². The van der Waals surface area contributed by atoms with Crippen molar-refractivity contribution >= 4 is 39.2 Å². The number of aromatic nitrogens is 3. The molecule has 3 aromatic rings. The van der Waals surface area contributed by atoms with E-state index in [0.29, 0.717) is 41.7 Å². The molecule has 0 fully saturated rings. The predicted molar refractivity (Wildman–Crippen MR) is 126 cm³/mol. The van der Waals surface area contributed by atoms with E-state index in [1.54, 1.807) is 10.8 Å². The molecule has 9 heteroatoms. The smallest absolute Gasteiger partial charge is 0.263 e. The van der Waals surface area contributed by atoms with Gasteiger partial charge in [0.25, 0.3) is 5.56 Å². The minimum absolute atomic E-state index is 0.0845. The monoisotopic (exact) mass is 460 g/mol. The number of rotatable bonds is 10. The summed E-state index contributed by atoms with van der Waals surface area (Å²) in [6, 6.07) is 5.61. The summed E-state index contributed by atoms with van der Waals surface area (Å²) in [5.74, 6) is -0.0845. The van der Waals surface area contributed by atoms with Crippen LogP contribution in [0.5, 0.6) is 0 Å². The van der Waals surface area contributed by atoms with E-state index in [4.69, 9.17) is 9.72 Å². The summed E-state index contributed by atoms with van der Waals surface area (Å²) in [5.41, 5.74) is 1.64. The molecule has 31 heavy (non-hydrogen) atoms. The van der Waals surface area contributed by atoms with Gasteiger partial charge in [-0.25, -0.2) is 4.98 Å². The van der Waals surface area contributed by atoms with Crippen molar-refractivity contribution in [2.75, 3.05) is 19.8 Å². The van der Waals surface area contributed by atoms with Gasteiger partial charge in [0.2, 0.25) is 5.91 Å². The first-order valence-electron chi connectivity index (χ1n) is 10.3. The molecule has 0 saturated carbocycles. The maximum absolute atomic E-state index is 13.4. The number of hydrogen-bond acceptors (Lipinski definition) is 7. The highest BCUT2D eigenvalue weighted by molar-refractivity contribution is 8.00. The Kier molecular flexibility index (Phi) is 8.22. The molecule has 166 valence electrons. The number of aryl methyl sites for hydroxylation is 2. The van der Waals surface area contributed by atoms with E-state index in [0.717, 1.165) is 22.6 Å². The Balaban J connectivity index is 1.86. The number of thiophene rings is 1. The van der Waals surface area contributed by atoms with Crippen molar-refractivity contribution in [1.82, 2.24) is 19.9 Å². The second-order valence-corrected chi connectivity index (χ2v) is 9.68. The van der Waals surface area contributed by atoms with Gasteiger partial charge in [0.05, 0.1) is 22.9 Å². The van der Waals surface area contributed by atoms with E-state index < -0.39 is 5.25 Å². The maximum atomic E-state index is 13.4. The van der Waals surface area contributed by atoms with Crippen LogP contribution in [0.2, 0.25) is 0 Å². The minimum Gasteiger partial charge on any atom is -0.382 e. The molecule has 1 amide bonds. The summed E-state index contributed by atoms with van der Waals surface area (Å²) < 4.78 is 6.93. The van der Waals surface area contributed by atoms with Gasteiger partial charge in [-0.3, -0.25) is 19.1 Å². The number of ether oxygens (including phenoxy) is 1. The van der Waals surface area contributed by atoms with Crippen LogP contribution in [0.15, 0.2) is 34.3 Å². The SMILES string of the molecule is CCOCCCNC(=O)C(C)Sc1nc2sc(C)c(C)c2c(=O)n1Cc1ccccn1. The molecule has 7 nitrogen and oxygen atoms in total. The Morgan fingerprint density at radius 1 is 1.35 bits per heavy atom. The normalized spacial score (nSPS) is 12.3. The van der Waals surface area contributed by atoms with Crippen LogP contribution in [0.4, 0.5) is 0 Å². The van der Waals surface area contributed by atoms with Gasteiger partial charge >= 0.3 is 0 Å². The number of carbonyl (C=O) groups excluding carboxylic acids is 1. The van der Waals surface area contributed by atoms with Gasteiger partial charge in [0.15, 0.2) is 5.16 Å². The number of hydrogen-bond donors (Lipinski definition) is 1. The lowest BCUT2D eigenvalue weighted by Crippen LogP contribution is -2.33. The Labute approximate surface area is 190 Å². The molecule has 0 aromatic carbocycles. The first kappa shape index (κ1) is 23.4. The minimum atomic E-state index is -0.395. The summed E-state index contributed by atoms with van der Waals surface area (Å²) >= 11 is 2.81. The fourth-order valence-electron chi connectivity index (χ4n) is 3.08. The zero-order valence-electron chi connectivity index (χ0n) is 18.3. The van der Waals surface area contributed by atoms with Gasteiger partial charge in [-0.05, 0) is 51.8 Å². The van der Waals surface area contributed by atoms with E-state index in [2.05, 4.69) is 10.3 Å². The van der Waals surface area contributed by atoms with Crippen molar-refractivity contribution in [3.8, 4) is 0 Å². The summed E-state index contributed by atoms with van der Waals surface area (Å²) in [7, 11) is 0. The van der Waals surface area contributed by atoms with Gasteiger partial charge < -0.3 is 10.1 Å². The van der Waals surface area contributed by atoms with E-state index in [9.17, 15) is 9.59 Å². The number of amides is 1. The second-order valence-electron chi connectivity index (χ2n) is 7.17. The quantitative estimate of drug-likeness (QED) is 0.283. The molecule has 3 rings (SSSR count). The van der Waals surface area contributed by atoms with Gasteiger partial charge in [0, 0.05) is 30.8 Å². The lowest BCUT2D eigenvalue weighted by Gasteiger charge is -2.16. The molecule has 1 N–H and O–H groups in total. The molecular weight excluding hydrogens is 432 g/mol. The highest BCUT2D eigenvalue weighted by Gasteiger charge is 2.21. The molecule has 0 aliphatic carbocycles. The maximum Gasteiger partial charge on any atom is 0.263 e. The summed E-state index contributed by atoms with van der Waals surface area (Å²) in [6.07, 6.45) is 2.47. The summed E-state index contributed by atoms with van der Waals surface area (Å²) in [6.45, 7) is 9.88. The molecule has 0 aliphatic rings. The third-order valence-electron chi connectivity index (χ3n) is 4.92. The van der Waals surface area contributed by atoms with Crippen molar-refractivity contribution in [3.05, 3.63) is 50.9 Å². The van der Waals surface area contributed by atoms with Crippen LogP contribution in [0, 0.1) is 13.8 Å². The van der Waals surface area contributed by atoms with E-state index in [-0.39, 0.29) is 11.5 Å². The lowest BCUT2D eigenvalue weighted by molar-refractivity contribution is -0.120. The van der Waals surface area contributed by atoms with Crippen molar-refractivity contribution in [2.24, 2.45) is 0 Å². The summed E-state index contributed by atoms with van der Waals surface area (Å²) in [4.78, 5) is 36.9. The number of fused-ring (bicyclic) bond motifs is 1. The largest absolute Gasteiger partial charge is 0.382 e. The molecule has 0 radical (unpaired) electrons. The zero-order chi connectivity index (χ0) is 22.4. The van der Waals surface area contributed by atoms with Gasteiger partial charge in [-0.1, -0.05) is 17.8 Å². The first-order valence-corrected chi connectivity index (χ1v) is 12.0. The van der Waals surface area contributed by atoms with Gasteiger partial charge in [-0.2, -0.15) is 0 Å². The molecule has 0 bridgehead atoms. The number of carbonyl (C=O) groups is 1. The Hall–Kier alpha value is -2.23. The van der Waals surface area contributed by atoms with Crippen LogP contribution < -0.4 is 10.9 Å². The van der Waals surface area contributed by atoms with Crippen molar-refractivity contribution in [1.29, 1.82) is 0 Å². The first-order chi connectivity index (χ1) is 14.9. The Morgan fingerprint density at radius 3 is 2.87 bits per heavy atom. The third kappa shape index (κ3) is 5.72. The molecule has 0 spiro atoms. The standard InChI is InChI=1S/C22H28N4O3S2/c1-5-29-12-8-11-24-19(27)16(4)31-22-25-20-18(14(2)15(3)30-20)21(28)26(22)13-17-9-6-7-10-23-17/h6-7,9-10,16H,5,8,11-13H2,1-4H3,(H,24,27). The highest BCUT2D eigenvalue weighted by atomic mass is 32.2. The van der Waals surface area contributed by atoms with Crippen LogP contribution in [-0.2, 0) is 16.1 Å². The second kappa shape index (κ2) is 10.9. The molecule has 1 atom stereocenters. The van der Waals surface area contributed by atoms with Gasteiger partial charge in [0.1, 0.15) is 4.83 Å². The molecule has 1 unspecified atom stereocenters. The van der Waals surface area contributed by atoms with Gasteiger partial charge in [-0.15, -0.1) is 11.3 Å². The van der Waals surface area contributed by atoms with E-state index in [1.807, 2.05) is 45.9 Å². The van der Waals surface area contributed by atoms with Crippen LogP contribution in [0.1, 0.15) is 36.4 Å². The molecule has 0 aliphatic heterocycles. The molecule has 3 heterocycles. The molecule has 0 saturated heterocycles. The van der Waals surface area contributed by atoms with Crippen LogP contribution >= 0.6 is 23.1 Å². The average molecular weight is 461 g/mol. The fraction of sp³-hybridized carbons (Fsp3) is 0.455. The summed E-state index contributed by atoms with van der Waals surface area (Å²) in [5, 5.41) is 3.71. The average Bonchev–Trinajstić information content (AvgIpc) is 3.04. The van der Waals surface area contributed by atoms with Crippen LogP contribution in [-0.4, -0.2) is 45.5 Å². The fourth-order valence-corrected chi connectivity index (χ4v) is 5.08. The highest BCUT2D eigenvalue weighted by Crippen LogP contribution is 2.30. The lowest BCUT2D eigenvalue weighted by atomic mass is 10.2. The molecule has 3 aromatic heterocycles. The van der Waals surface area contributed by atoms with Crippen LogP contribution in [0.25, 0.3) is 10.2 Å².